The van der Waals surface area contributed by atoms with Crippen LogP contribution in [0.4, 0.5) is 0 Å². The van der Waals surface area contributed by atoms with Gasteiger partial charge in [-0.05, 0) is 55.0 Å². The second kappa shape index (κ2) is 9.67. The van der Waals surface area contributed by atoms with Crippen molar-refractivity contribution in [3.8, 4) is 5.75 Å². The molecule has 28 heavy (non-hydrogen) atoms. The van der Waals surface area contributed by atoms with Gasteiger partial charge in [-0.25, -0.2) is 0 Å². The SMILES string of the molecule is COc1ccc(C(=O)NC(C)c2ccccc2)cc1CSc1ccc(Cl)cc1. The van der Waals surface area contributed by atoms with Gasteiger partial charge in [0.2, 0.25) is 0 Å². The number of carbonyl (C=O) groups is 1. The van der Waals surface area contributed by atoms with Crippen LogP contribution in [0.2, 0.25) is 5.02 Å². The van der Waals surface area contributed by atoms with E-state index in [1.54, 1.807) is 24.9 Å². The number of rotatable bonds is 7. The van der Waals surface area contributed by atoms with Crippen molar-refractivity contribution in [1.82, 2.24) is 5.32 Å². The molecule has 0 heterocycles. The highest BCUT2D eigenvalue weighted by atomic mass is 35.5. The summed E-state index contributed by atoms with van der Waals surface area (Å²) >= 11 is 7.62. The number of carbonyl (C=O) groups excluding carboxylic acids is 1. The fourth-order valence-electron chi connectivity index (χ4n) is 2.83. The maximum absolute atomic E-state index is 12.7. The number of hydrogen-bond donors (Lipinski definition) is 1. The number of nitrogens with one attached hydrogen (secondary N) is 1. The molecule has 0 bridgehead atoms. The van der Waals surface area contributed by atoms with Crippen molar-refractivity contribution in [2.45, 2.75) is 23.6 Å². The van der Waals surface area contributed by atoms with Crippen molar-refractivity contribution in [2.75, 3.05) is 7.11 Å². The Balaban J connectivity index is 1.72. The third-order valence-corrected chi connectivity index (χ3v) is 5.71. The molecule has 0 saturated heterocycles. The molecule has 3 aromatic carbocycles. The van der Waals surface area contributed by atoms with E-state index in [0.29, 0.717) is 16.3 Å². The first-order chi connectivity index (χ1) is 13.6. The van der Waals surface area contributed by atoms with Gasteiger partial charge in [-0.15, -0.1) is 11.8 Å². The Kier molecular flexibility index (Phi) is 7.01. The van der Waals surface area contributed by atoms with Crippen molar-refractivity contribution in [2.24, 2.45) is 0 Å². The zero-order chi connectivity index (χ0) is 19.9. The van der Waals surface area contributed by atoms with E-state index in [0.717, 1.165) is 21.8 Å². The van der Waals surface area contributed by atoms with E-state index in [9.17, 15) is 4.79 Å². The number of hydrogen-bond acceptors (Lipinski definition) is 3. The van der Waals surface area contributed by atoms with Crippen molar-refractivity contribution in [1.29, 1.82) is 0 Å². The fraction of sp³-hybridized carbons (Fsp3) is 0.174. The fourth-order valence-corrected chi connectivity index (χ4v) is 3.83. The molecule has 3 rings (SSSR count). The minimum absolute atomic E-state index is 0.0670. The molecule has 5 heteroatoms. The minimum atomic E-state index is -0.100. The number of halogens is 1. The van der Waals surface area contributed by atoms with Gasteiger partial charge in [0.25, 0.3) is 5.91 Å². The molecule has 0 aliphatic carbocycles. The normalized spacial score (nSPS) is 11.7. The van der Waals surface area contributed by atoms with Crippen molar-refractivity contribution >= 4 is 29.3 Å². The van der Waals surface area contributed by atoms with E-state index in [-0.39, 0.29) is 11.9 Å². The van der Waals surface area contributed by atoms with Crippen LogP contribution in [-0.4, -0.2) is 13.0 Å². The largest absolute Gasteiger partial charge is 0.496 e. The average Bonchev–Trinajstić information content (AvgIpc) is 2.73. The third-order valence-electron chi connectivity index (χ3n) is 4.40. The number of benzene rings is 3. The van der Waals surface area contributed by atoms with Gasteiger partial charge in [0.05, 0.1) is 13.2 Å². The van der Waals surface area contributed by atoms with Gasteiger partial charge in [-0.1, -0.05) is 41.9 Å². The van der Waals surface area contributed by atoms with Crippen molar-refractivity contribution in [3.05, 3.63) is 94.5 Å². The maximum Gasteiger partial charge on any atom is 0.251 e. The number of amides is 1. The van der Waals surface area contributed by atoms with E-state index in [1.807, 2.05) is 73.7 Å². The highest BCUT2D eigenvalue weighted by molar-refractivity contribution is 7.98. The summed E-state index contributed by atoms with van der Waals surface area (Å²) < 4.78 is 5.47. The molecule has 0 spiro atoms. The van der Waals surface area contributed by atoms with Gasteiger partial charge in [0, 0.05) is 26.8 Å². The topological polar surface area (TPSA) is 38.3 Å². The quantitative estimate of drug-likeness (QED) is 0.475. The maximum atomic E-state index is 12.7. The predicted octanol–water partition coefficient (Wildman–Crippen LogP) is 6.13. The summed E-state index contributed by atoms with van der Waals surface area (Å²) in [6.45, 7) is 1.98. The molecule has 1 N–H and O–H groups in total. The highest BCUT2D eigenvalue weighted by Gasteiger charge is 2.14. The molecule has 144 valence electrons. The summed E-state index contributed by atoms with van der Waals surface area (Å²) in [5.41, 5.74) is 2.67. The molecule has 0 aliphatic heterocycles. The van der Waals surface area contributed by atoms with Crippen LogP contribution < -0.4 is 10.1 Å². The van der Waals surface area contributed by atoms with E-state index >= 15 is 0 Å². The highest BCUT2D eigenvalue weighted by Crippen LogP contribution is 2.29. The summed E-state index contributed by atoms with van der Waals surface area (Å²) in [6.07, 6.45) is 0. The summed E-state index contributed by atoms with van der Waals surface area (Å²) in [5.74, 6) is 1.37. The Morgan fingerprint density at radius 1 is 1.07 bits per heavy atom. The van der Waals surface area contributed by atoms with E-state index in [4.69, 9.17) is 16.3 Å². The lowest BCUT2D eigenvalue weighted by molar-refractivity contribution is 0.0939. The molecule has 1 atom stereocenters. The molecular weight excluding hydrogens is 390 g/mol. The molecule has 0 saturated carbocycles. The number of thioether (sulfide) groups is 1. The second-order valence-corrected chi connectivity index (χ2v) is 7.86. The molecule has 1 unspecified atom stereocenters. The predicted molar refractivity (Wildman–Crippen MR) is 116 cm³/mol. The van der Waals surface area contributed by atoms with Gasteiger partial charge < -0.3 is 10.1 Å². The van der Waals surface area contributed by atoms with Gasteiger partial charge in [-0.3, -0.25) is 4.79 Å². The Morgan fingerprint density at radius 2 is 1.79 bits per heavy atom. The average molecular weight is 412 g/mol. The smallest absolute Gasteiger partial charge is 0.251 e. The minimum Gasteiger partial charge on any atom is -0.496 e. The molecule has 0 radical (unpaired) electrons. The molecular formula is C23H22ClNO2S. The van der Waals surface area contributed by atoms with Crippen LogP contribution in [0, 0.1) is 0 Å². The van der Waals surface area contributed by atoms with Crippen molar-refractivity contribution in [3.63, 3.8) is 0 Å². The zero-order valence-corrected chi connectivity index (χ0v) is 17.4. The summed E-state index contributed by atoms with van der Waals surface area (Å²) in [7, 11) is 1.64. The molecule has 0 fully saturated rings. The first-order valence-corrected chi connectivity index (χ1v) is 10.3. The second-order valence-electron chi connectivity index (χ2n) is 6.38. The molecule has 3 nitrogen and oxygen atoms in total. The summed E-state index contributed by atoms with van der Waals surface area (Å²) in [5, 5.41) is 3.77. The third kappa shape index (κ3) is 5.31. The van der Waals surface area contributed by atoms with Gasteiger partial charge >= 0.3 is 0 Å². The van der Waals surface area contributed by atoms with Crippen LogP contribution >= 0.6 is 23.4 Å². The lowest BCUT2D eigenvalue weighted by Gasteiger charge is -2.15. The molecule has 0 aliphatic rings. The van der Waals surface area contributed by atoms with Crippen LogP contribution in [0.25, 0.3) is 0 Å². The lowest BCUT2D eigenvalue weighted by Crippen LogP contribution is -2.26. The van der Waals surface area contributed by atoms with E-state index in [2.05, 4.69) is 5.32 Å². The summed E-state index contributed by atoms with van der Waals surface area (Å²) in [4.78, 5) is 13.8. The standard InChI is InChI=1S/C23H22ClNO2S/c1-16(17-6-4-3-5-7-17)25-23(26)18-8-13-22(27-2)19(14-18)15-28-21-11-9-20(24)10-12-21/h3-14,16H,15H2,1-2H3,(H,25,26). The zero-order valence-electron chi connectivity index (χ0n) is 15.8. The van der Waals surface area contributed by atoms with Crippen LogP contribution in [0.15, 0.2) is 77.7 Å². The van der Waals surface area contributed by atoms with Crippen LogP contribution in [0.1, 0.15) is 34.5 Å². The van der Waals surface area contributed by atoms with Crippen LogP contribution in [0.5, 0.6) is 5.75 Å². The first-order valence-electron chi connectivity index (χ1n) is 8.98. The Bertz CT molecular complexity index is 929. The monoisotopic (exact) mass is 411 g/mol. The van der Waals surface area contributed by atoms with Crippen molar-refractivity contribution < 1.29 is 9.53 Å². The summed E-state index contributed by atoms with van der Waals surface area (Å²) in [6, 6.07) is 23.1. The Morgan fingerprint density at radius 3 is 2.46 bits per heavy atom. The molecule has 1 amide bonds. The molecule has 0 aromatic heterocycles. The first kappa shape index (κ1) is 20.3. The number of ether oxygens (including phenoxy) is 1. The van der Waals surface area contributed by atoms with E-state index in [1.165, 1.54) is 0 Å². The van der Waals surface area contributed by atoms with Gasteiger partial charge in [0.15, 0.2) is 0 Å². The number of methoxy groups -OCH3 is 1. The van der Waals surface area contributed by atoms with Crippen LogP contribution in [-0.2, 0) is 5.75 Å². The van der Waals surface area contributed by atoms with E-state index < -0.39 is 0 Å². The Hall–Kier alpha value is -2.43. The Labute approximate surface area is 175 Å². The lowest BCUT2D eigenvalue weighted by atomic mass is 10.1. The van der Waals surface area contributed by atoms with Gasteiger partial charge in [0.1, 0.15) is 5.75 Å². The van der Waals surface area contributed by atoms with Gasteiger partial charge in [-0.2, -0.15) is 0 Å². The molecule has 3 aromatic rings. The van der Waals surface area contributed by atoms with Crippen LogP contribution in [0.3, 0.4) is 0 Å².